The molecule has 0 spiro atoms. The first-order valence-electron chi connectivity index (χ1n) is 14.3. The van der Waals surface area contributed by atoms with E-state index in [9.17, 15) is 13.2 Å². The van der Waals surface area contributed by atoms with Gasteiger partial charge in [0.05, 0.1) is 10.6 Å². The van der Waals surface area contributed by atoms with Crippen LogP contribution in [0.1, 0.15) is 62.1 Å². The van der Waals surface area contributed by atoms with Crippen molar-refractivity contribution in [3.05, 3.63) is 89.5 Å². The number of amides is 1. The molecule has 204 valence electrons. The molecule has 0 atom stereocenters. The number of benzene rings is 3. The number of sulfonamides is 1. The molecule has 3 aromatic carbocycles. The van der Waals surface area contributed by atoms with Crippen LogP contribution in [0.25, 0.3) is 0 Å². The number of nitrogens with one attached hydrogen (secondary N) is 1. The van der Waals surface area contributed by atoms with Crippen molar-refractivity contribution in [2.75, 3.05) is 16.2 Å². The zero-order valence-electron chi connectivity index (χ0n) is 22.9. The van der Waals surface area contributed by atoms with Crippen molar-refractivity contribution >= 4 is 27.3 Å². The van der Waals surface area contributed by atoms with Crippen LogP contribution in [-0.2, 0) is 26.7 Å². The largest absolute Gasteiger partial charge is 0.325 e. The fourth-order valence-electron chi connectivity index (χ4n) is 7.89. The van der Waals surface area contributed by atoms with Crippen LogP contribution in [0.2, 0.25) is 0 Å². The molecule has 1 N–H and O–H groups in total. The maximum Gasteiger partial charge on any atom is 0.264 e. The summed E-state index contributed by atoms with van der Waals surface area (Å²) in [4.78, 5) is 13.5. The highest BCUT2D eigenvalue weighted by Gasteiger charge is 2.51. The van der Waals surface area contributed by atoms with E-state index >= 15 is 0 Å². The van der Waals surface area contributed by atoms with Gasteiger partial charge in [-0.15, -0.1) is 0 Å². The fraction of sp³-hybridized carbons (Fsp3) is 0.424. The molecule has 7 rings (SSSR count). The highest BCUT2D eigenvalue weighted by Crippen LogP contribution is 2.60. The maximum atomic E-state index is 13.8. The highest BCUT2D eigenvalue weighted by molar-refractivity contribution is 7.92. The lowest BCUT2D eigenvalue weighted by atomic mass is 9.48. The van der Waals surface area contributed by atoms with Gasteiger partial charge in [0.25, 0.3) is 10.0 Å². The Bertz CT molecular complexity index is 1430. The topological polar surface area (TPSA) is 66.5 Å². The minimum Gasteiger partial charge on any atom is -0.325 e. The van der Waals surface area contributed by atoms with E-state index in [1.807, 2.05) is 44.2 Å². The van der Waals surface area contributed by atoms with Gasteiger partial charge >= 0.3 is 0 Å². The molecule has 1 amide bonds. The number of nitrogens with zero attached hydrogens (tertiary/aromatic N) is 1. The molecular formula is C33H38N2O3S. The van der Waals surface area contributed by atoms with Gasteiger partial charge in [0.15, 0.2) is 0 Å². The van der Waals surface area contributed by atoms with Crippen LogP contribution in [0.4, 0.5) is 11.4 Å². The molecule has 4 fully saturated rings. The minimum atomic E-state index is -3.95. The number of para-hydroxylation sites is 1. The van der Waals surface area contributed by atoms with Crippen LogP contribution in [0.15, 0.2) is 77.7 Å². The SMILES string of the molecule is CCc1ccccc1N(CC(=O)Nc1ccc(C23CC4CC(CC(C4)C2)C3)cc1)S(=O)(=O)c1ccc(C)cc1. The molecule has 0 radical (unpaired) electrons. The molecule has 39 heavy (non-hydrogen) atoms. The second-order valence-electron chi connectivity index (χ2n) is 12.1. The van der Waals surface area contributed by atoms with Gasteiger partial charge in [-0.3, -0.25) is 9.10 Å². The van der Waals surface area contributed by atoms with Gasteiger partial charge in [0.2, 0.25) is 5.91 Å². The Morgan fingerprint density at radius 2 is 1.46 bits per heavy atom. The molecule has 4 saturated carbocycles. The highest BCUT2D eigenvalue weighted by atomic mass is 32.2. The van der Waals surface area contributed by atoms with E-state index in [1.165, 1.54) is 48.4 Å². The Balaban J connectivity index is 1.23. The molecule has 6 heteroatoms. The predicted molar refractivity (Wildman–Crippen MR) is 156 cm³/mol. The first-order chi connectivity index (χ1) is 18.8. The number of aryl methyl sites for hydroxylation is 2. The molecule has 0 heterocycles. The van der Waals surface area contributed by atoms with E-state index in [2.05, 4.69) is 17.4 Å². The normalized spacial score (nSPS) is 25.4. The summed E-state index contributed by atoms with van der Waals surface area (Å²) < 4.78 is 28.8. The zero-order valence-corrected chi connectivity index (χ0v) is 23.7. The summed E-state index contributed by atoms with van der Waals surface area (Å²) in [7, 11) is -3.95. The molecule has 5 nitrogen and oxygen atoms in total. The van der Waals surface area contributed by atoms with Crippen LogP contribution in [0.5, 0.6) is 0 Å². The number of hydrogen-bond donors (Lipinski definition) is 1. The summed E-state index contributed by atoms with van der Waals surface area (Å²) in [5.41, 5.74) is 4.79. The average molecular weight is 543 g/mol. The number of hydrogen-bond acceptors (Lipinski definition) is 3. The van der Waals surface area contributed by atoms with Gasteiger partial charge in [-0.2, -0.15) is 0 Å². The molecule has 4 bridgehead atoms. The number of rotatable bonds is 8. The predicted octanol–water partition coefficient (Wildman–Crippen LogP) is 6.86. The van der Waals surface area contributed by atoms with Crippen molar-refractivity contribution in [1.82, 2.24) is 0 Å². The number of anilines is 2. The molecule has 3 aromatic rings. The van der Waals surface area contributed by atoms with E-state index in [4.69, 9.17) is 0 Å². The Kier molecular flexibility index (Phi) is 6.78. The van der Waals surface area contributed by atoms with Crippen molar-refractivity contribution in [1.29, 1.82) is 0 Å². The number of carbonyl (C=O) groups is 1. The lowest BCUT2D eigenvalue weighted by Crippen LogP contribution is -2.48. The van der Waals surface area contributed by atoms with Crippen LogP contribution in [0.3, 0.4) is 0 Å². The summed E-state index contributed by atoms with van der Waals surface area (Å²) in [6.45, 7) is 3.60. The van der Waals surface area contributed by atoms with Gasteiger partial charge in [0, 0.05) is 5.69 Å². The first kappa shape index (κ1) is 26.1. The third-order valence-electron chi connectivity index (χ3n) is 9.36. The van der Waals surface area contributed by atoms with E-state index in [0.717, 1.165) is 28.9 Å². The third kappa shape index (κ3) is 5.00. The summed E-state index contributed by atoms with van der Waals surface area (Å²) >= 11 is 0. The monoisotopic (exact) mass is 542 g/mol. The Hall–Kier alpha value is -3.12. The quantitative estimate of drug-likeness (QED) is 0.338. The average Bonchev–Trinajstić information content (AvgIpc) is 2.91. The molecule has 4 aliphatic rings. The van der Waals surface area contributed by atoms with Gasteiger partial charge in [0.1, 0.15) is 6.54 Å². The van der Waals surface area contributed by atoms with Crippen LogP contribution < -0.4 is 9.62 Å². The van der Waals surface area contributed by atoms with E-state index in [1.54, 1.807) is 30.3 Å². The molecular weight excluding hydrogens is 504 g/mol. The second-order valence-corrected chi connectivity index (χ2v) is 14.0. The van der Waals surface area contributed by atoms with Crippen molar-refractivity contribution in [2.45, 2.75) is 69.1 Å². The minimum absolute atomic E-state index is 0.173. The lowest BCUT2D eigenvalue weighted by Gasteiger charge is -2.57. The molecule has 0 aliphatic heterocycles. The lowest BCUT2D eigenvalue weighted by molar-refractivity contribution is -0.114. The fourth-order valence-corrected chi connectivity index (χ4v) is 9.35. The summed E-state index contributed by atoms with van der Waals surface area (Å²) in [5, 5.41) is 2.97. The molecule has 0 saturated heterocycles. The van der Waals surface area contributed by atoms with Crippen molar-refractivity contribution in [3.63, 3.8) is 0 Å². The van der Waals surface area contributed by atoms with Gasteiger partial charge in [-0.25, -0.2) is 8.42 Å². The van der Waals surface area contributed by atoms with Crippen LogP contribution >= 0.6 is 0 Å². The molecule has 4 aliphatic carbocycles. The Labute approximate surface area is 232 Å². The van der Waals surface area contributed by atoms with Crippen LogP contribution in [0, 0.1) is 24.7 Å². The second kappa shape index (κ2) is 10.1. The molecule has 0 unspecified atom stereocenters. The van der Waals surface area contributed by atoms with E-state index in [0.29, 0.717) is 23.2 Å². The van der Waals surface area contributed by atoms with Crippen LogP contribution in [-0.4, -0.2) is 20.9 Å². The summed E-state index contributed by atoms with van der Waals surface area (Å²) in [6, 6.07) is 22.5. The van der Waals surface area contributed by atoms with Crippen molar-refractivity contribution in [3.8, 4) is 0 Å². The standard InChI is InChI=1S/C33H38N2O3S/c1-3-27-6-4-5-7-31(27)35(39(37,38)30-14-8-23(2)9-15-30)22-32(36)34-29-12-10-28(11-13-29)33-19-24-16-25(20-33)18-26(17-24)21-33/h4-15,24-26H,3,16-22H2,1-2H3,(H,34,36). The first-order valence-corrected chi connectivity index (χ1v) is 15.8. The maximum absolute atomic E-state index is 13.8. The van der Waals surface area contributed by atoms with E-state index in [-0.39, 0.29) is 17.3 Å². The van der Waals surface area contributed by atoms with Crippen molar-refractivity contribution in [2.24, 2.45) is 17.8 Å². The summed E-state index contributed by atoms with van der Waals surface area (Å²) in [5.74, 6) is 2.27. The van der Waals surface area contributed by atoms with Gasteiger partial charge in [-0.05, 0) is 116 Å². The number of carbonyl (C=O) groups excluding carboxylic acids is 1. The Morgan fingerprint density at radius 1 is 0.872 bits per heavy atom. The van der Waals surface area contributed by atoms with Gasteiger partial charge < -0.3 is 5.32 Å². The van der Waals surface area contributed by atoms with Crippen molar-refractivity contribution < 1.29 is 13.2 Å². The van der Waals surface area contributed by atoms with Gasteiger partial charge in [-0.1, -0.05) is 55.0 Å². The molecule has 0 aromatic heterocycles. The Morgan fingerprint density at radius 3 is 2.05 bits per heavy atom. The van der Waals surface area contributed by atoms with E-state index < -0.39 is 10.0 Å². The third-order valence-corrected chi connectivity index (χ3v) is 11.1. The zero-order chi connectivity index (χ0) is 27.2. The smallest absolute Gasteiger partial charge is 0.264 e. The summed E-state index contributed by atoms with van der Waals surface area (Å²) in [6.07, 6.45) is 8.79.